The summed E-state index contributed by atoms with van der Waals surface area (Å²) in [6, 6.07) is 9.23. The van der Waals surface area contributed by atoms with Crippen LogP contribution in [0.4, 0.5) is 5.69 Å². The maximum absolute atomic E-state index is 13.4. The van der Waals surface area contributed by atoms with Crippen LogP contribution in [0.15, 0.2) is 64.5 Å². The summed E-state index contributed by atoms with van der Waals surface area (Å²) in [7, 11) is -2.07. The predicted octanol–water partition coefficient (Wildman–Crippen LogP) is 2.56. The van der Waals surface area contributed by atoms with E-state index in [-0.39, 0.29) is 27.6 Å². The van der Waals surface area contributed by atoms with Gasteiger partial charge in [0.25, 0.3) is 5.69 Å². The summed E-state index contributed by atoms with van der Waals surface area (Å²) < 4.78 is 36.6. The van der Waals surface area contributed by atoms with Crippen molar-refractivity contribution in [3.8, 4) is 5.75 Å². The van der Waals surface area contributed by atoms with Gasteiger partial charge in [0.2, 0.25) is 0 Å². The summed E-state index contributed by atoms with van der Waals surface area (Å²) in [5.41, 5.74) is -1.89. The van der Waals surface area contributed by atoms with Gasteiger partial charge in [-0.1, -0.05) is 23.7 Å². The molecule has 0 radical (unpaired) electrons. The number of nitrogens with zero attached hydrogens (tertiary/aromatic N) is 2. The minimum absolute atomic E-state index is 0.130. The second-order valence-electron chi connectivity index (χ2n) is 7.44. The minimum atomic E-state index is -4.48. The molecule has 0 aromatic heterocycles. The van der Waals surface area contributed by atoms with Crippen LogP contribution in [0.25, 0.3) is 0 Å². The lowest BCUT2D eigenvalue weighted by molar-refractivity contribution is -0.385. The quantitative estimate of drug-likeness (QED) is 0.309. The van der Waals surface area contributed by atoms with E-state index in [9.17, 15) is 28.4 Å². The van der Waals surface area contributed by atoms with Gasteiger partial charge in [0.15, 0.2) is 15.1 Å². The van der Waals surface area contributed by atoms with Gasteiger partial charge in [0, 0.05) is 29.3 Å². The number of aliphatic imine (C=N–C) groups is 1. The van der Waals surface area contributed by atoms with Crippen molar-refractivity contribution >= 4 is 39.3 Å². The smallest absolute Gasteiger partial charge is 0.327 e. The molecule has 2 aromatic rings. The van der Waals surface area contributed by atoms with Crippen molar-refractivity contribution in [2.45, 2.75) is 28.2 Å². The van der Waals surface area contributed by atoms with Crippen molar-refractivity contribution in [3.05, 3.63) is 75.3 Å². The number of carbonyl (C=O) groups is 1. The lowest BCUT2D eigenvalue weighted by Crippen LogP contribution is -2.53. The van der Waals surface area contributed by atoms with Gasteiger partial charge in [-0.2, -0.15) is 0 Å². The van der Waals surface area contributed by atoms with E-state index in [0.717, 1.165) is 13.2 Å². The standard InChI is InChI=1S/C22H21ClN2O8S/c1-32-16-6-8-17(9-7-16)34(30,31)19(21(27)33-2)20(26)22(10-3-11-24-22)13-14-4-5-15(23)12-18(14)25(28)29/h3-12,19-20,26H,13H2,1-2H3. The van der Waals surface area contributed by atoms with E-state index < -0.39 is 37.6 Å². The molecule has 10 nitrogen and oxygen atoms in total. The molecule has 180 valence electrons. The Kier molecular flexibility index (Phi) is 7.39. The molecule has 0 amide bonds. The molecule has 0 fully saturated rings. The van der Waals surface area contributed by atoms with Crippen molar-refractivity contribution in [2.75, 3.05) is 14.2 Å². The van der Waals surface area contributed by atoms with Crippen LogP contribution in [0.5, 0.6) is 5.75 Å². The zero-order chi connectivity index (χ0) is 25.1. The largest absolute Gasteiger partial charge is 0.497 e. The maximum atomic E-state index is 13.4. The Morgan fingerprint density at radius 2 is 1.91 bits per heavy atom. The van der Waals surface area contributed by atoms with E-state index in [1.807, 2.05) is 0 Å². The molecule has 2 aromatic carbocycles. The third kappa shape index (κ3) is 4.81. The Morgan fingerprint density at radius 3 is 2.44 bits per heavy atom. The number of aliphatic hydroxyl groups is 1. The van der Waals surface area contributed by atoms with Crippen LogP contribution in [-0.4, -0.2) is 61.7 Å². The summed E-state index contributed by atoms with van der Waals surface area (Å²) in [6.07, 6.45) is 1.95. The van der Waals surface area contributed by atoms with Gasteiger partial charge in [-0.3, -0.25) is 19.9 Å². The molecule has 3 atom stereocenters. The molecule has 12 heteroatoms. The number of esters is 1. The van der Waals surface area contributed by atoms with Crippen molar-refractivity contribution in [1.82, 2.24) is 0 Å². The van der Waals surface area contributed by atoms with Gasteiger partial charge >= 0.3 is 5.97 Å². The number of ether oxygens (including phenoxy) is 2. The predicted molar refractivity (Wildman–Crippen MR) is 124 cm³/mol. The number of carbonyl (C=O) groups excluding carboxylic acids is 1. The Balaban J connectivity index is 2.09. The first-order chi connectivity index (χ1) is 16.1. The number of sulfone groups is 1. The zero-order valence-electron chi connectivity index (χ0n) is 18.1. The van der Waals surface area contributed by atoms with E-state index in [4.69, 9.17) is 21.1 Å². The van der Waals surface area contributed by atoms with Gasteiger partial charge in [-0.05, 0) is 36.4 Å². The second kappa shape index (κ2) is 9.92. The average Bonchev–Trinajstić information content (AvgIpc) is 3.29. The third-order valence-corrected chi connectivity index (χ3v) is 7.74. The third-order valence-electron chi connectivity index (χ3n) is 5.46. The van der Waals surface area contributed by atoms with Gasteiger partial charge in [0.1, 0.15) is 17.4 Å². The number of nitro benzene ring substituents is 1. The number of aliphatic hydroxyl groups excluding tert-OH is 1. The molecule has 0 bridgehead atoms. The SMILES string of the molecule is COC(=O)C(C(O)C1(Cc2ccc(Cl)cc2[N+](=O)[O-])C=CC=N1)S(=O)(=O)c1ccc(OC)cc1. The summed E-state index contributed by atoms with van der Waals surface area (Å²) in [5.74, 6) is -0.812. The van der Waals surface area contributed by atoms with Crippen LogP contribution >= 0.6 is 11.6 Å². The number of allylic oxidation sites excluding steroid dienone is 1. The van der Waals surface area contributed by atoms with Crippen molar-refractivity contribution in [3.63, 3.8) is 0 Å². The second-order valence-corrected chi connectivity index (χ2v) is 9.95. The number of methoxy groups -OCH3 is 2. The molecule has 0 aliphatic carbocycles. The monoisotopic (exact) mass is 508 g/mol. The van der Waals surface area contributed by atoms with E-state index >= 15 is 0 Å². The number of benzene rings is 2. The Bertz CT molecular complexity index is 1250. The normalized spacial score (nSPS) is 18.9. The maximum Gasteiger partial charge on any atom is 0.327 e. The highest BCUT2D eigenvalue weighted by Gasteiger charge is 2.51. The molecule has 0 spiro atoms. The van der Waals surface area contributed by atoms with E-state index in [1.165, 1.54) is 61.9 Å². The average molecular weight is 509 g/mol. The van der Waals surface area contributed by atoms with Gasteiger partial charge < -0.3 is 14.6 Å². The first-order valence-corrected chi connectivity index (χ1v) is 11.8. The fraction of sp³-hybridized carbons (Fsp3) is 0.273. The first-order valence-electron chi connectivity index (χ1n) is 9.85. The number of hydrogen-bond donors (Lipinski definition) is 1. The van der Waals surface area contributed by atoms with Crippen LogP contribution in [0, 0.1) is 10.1 Å². The molecule has 1 aliphatic heterocycles. The zero-order valence-corrected chi connectivity index (χ0v) is 19.7. The number of hydrogen-bond acceptors (Lipinski definition) is 9. The molecular formula is C22H21ClN2O8S. The molecule has 3 rings (SSSR count). The van der Waals surface area contributed by atoms with Gasteiger partial charge in [-0.25, -0.2) is 8.42 Å². The Morgan fingerprint density at radius 1 is 1.24 bits per heavy atom. The van der Waals surface area contributed by atoms with Crippen molar-refractivity contribution in [2.24, 2.45) is 4.99 Å². The van der Waals surface area contributed by atoms with Crippen LogP contribution in [0.1, 0.15) is 5.56 Å². The molecule has 1 N–H and O–H groups in total. The highest BCUT2D eigenvalue weighted by molar-refractivity contribution is 7.92. The topological polar surface area (TPSA) is 145 Å². The molecule has 34 heavy (non-hydrogen) atoms. The van der Waals surface area contributed by atoms with E-state index in [0.29, 0.717) is 5.75 Å². The Hall–Kier alpha value is -3.28. The Labute approximate surface area is 200 Å². The fourth-order valence-corrected chi connectivity index (χ4v) is 5.60. The lowest BCUT2D eigenvalue weighted by Gasteiger charge is -2.33. The fourth-order valence-electron chi connectivity index (χ4n) is 3.70. The molecule has 0 saturated heterocycles. The summed E-state index contributed by atoms with van der Waals surface area (Å²) in [5, 5.41) is 21.0. The highest BCUT2D eigenvalue weighted by atomic mass is 35.5. The first kappa shape index (κ1) is 25.3. The van der Waals surface area contributed by atoms with Crippen molar-refractivity contribution < 1.29 is 32.7 Å². The summed E-state index contributed by atoms with van der Waals surface area (Å²) in [4.78, 5) is 27.6. The molecule has 0 saturated carbocycles. The number of halogens is 1. The number of nitro groups is 1. The van der Waals surface area contributed by atoms with Gasteiger partial charge in [0.05, 0.1) is 24.0 Å². The molecule has 3 unspecified atom stereocenters. The number of rotatable bonds is 9. The summed E-state index contributed by atoms with van der Waals surface area (Å²) >= 11 is 5.89. The van der Waals surface area contributed by atoms with E-state index in [2.05, 4.69) is 4.99 Å². The minimum Gasteiger partial charge on any atom is -0.497 e. The van der Waals surface area contributed by atoms with Crippen LogP contribution < -0.4 is 4.74 Å². The molecule has 1 heterocycles. The highest BCUT2D eigenvalue weighted by Crippen LogP contribution is 2.36. The molecular weight excluding hydrogens is 488 g/mol. The van der Waals surface area contributed by atoms with E-state index in [1.54, 1.807) is 0 Å². The van der Waals surface area contributed by atoms with Crippen LogP contribution in [-0.2, 0) is 25.8 Å². The molecule has 1 aliphatic rings. The lowest BCUT2D eigenvalue weighted by atomic mass is 9.84. The van der Waals surface area contributed by atoms with Crippen molar-refractivity contribution in [1.29, 1.82) is 0 Å². The summed E-state index contributed by atoms with van der Waals surface area (Å²) in [6.45, 7) is 0. The van der Waals surface area contributed by atoms with Crippen LogP contribution in [0.3, 0.4) is 0 Å². The van der Waals surface area contributed by atoms with Gasteiger partial charge in [-0.15, -0.1) is 0 Å². The van der Waals surface area contributed by atoms with Crippen LogP contribution in [0.2, 0.25) is 5.02 Å².